The molecule has 0 saturated heterocycles. The van der Waals surface area contributed by atoms with Crippen molar-refractivity contribution in [3.05, 3.63) is 0 Å². The normalized spacial score (nSPS) is 12.9. The lowest BCUT2D eigenvalue weighted by Gasteiger charge is -2.17. The second-order valence-corrected chi connectivity index (χ2v) is 4.90. The van der Waals surface area contributed by atoms with Crippen LogP contribution < -0.4 is 11.1 Å². The lowest BCUT2D eigenvalue weighted by Crippen LogP contribution is -2.37. The van der Waals surface area contributed by atoms with Crippen LogP contribution in [0.2, 0.25) is 0 Å². The number of nitrogens with two attached hydrogens (primary N) is 1. The van der Waals surface area contributed by atoms with Crippen molar-refractivity contribution in [2.45, 2.75) is 33.2 Å². The number of hydrogen-bond acceptors (Lipinski definition) is 3. The van der Waals surface area contributed by atoms with Gasteiger partial charge in [0.1, 0.15) is 0 Å². The number of rotatable bonds is 7. The van der Waals surface area contributed by atoms with Gasteiger partial charge in [0.25, 0.3) is 0 Å². The Morgan fingerprint density at radius 1 is 1.43 bits per heavy atom. The van der Waals surface area contributed by atoms with Gasteiger partial charge in [0.2, 0.25) is 5.91 Å². The molecule has 0 rings (SSSR count). The second-order valence-electron chi connectivity index (χ2n) is 3.80. The van der Waals surface area contributed by atoms with Crippen LogP contribution in [0.5, 0.6) is 0 Å². The summed E-state index contributed by atoms with van der Waals surface area (Å²) in [6.07, 6.45) is 0.984. The minimum absolute atomic E-state index is 0.133. The van der Waals surface area contributed by atoms with E-state index in [1.807, 2.05) is 6.92 Å². The molecule has 0 spiro atoms. The Hall–Kier alpha value is -0.220. The van der Waals surface area contributed by atoms with Crippen molar-refractivity contribution in [1.29, 1.82) is 0 Å². The van der Waals surface area contributed by atoms with Crippen molar-refractivity contribution >= 4 is 17.7 Å². The Kier molecular flexibility index (Phi) is 7.99. The second kappa shape index (κ2) is 8.12. The van der Waals surface area contributed by atoms with Crippen LogP contribution in [-0.2, 0) is 4.79 Å². The SMILES string of the molecule is CC(C)C(C)NC(=O)CSCCCN. The van der Waals surface area contributed by atoms with E-state index in [9.17, 15) is 4.79 Å². The van der Waals surface area contributed by atoms with Gasteiger partial charge in [0, 0.05) is 6.04 Å². The molecule has 0 bridgehead atoms. The average molecular weight is 218 g/mol. The van der Waals surface area contributed by atoms with E-state index >= 15 is 0 Å². The fourth-order valence-electron chi connectivity index (χ4n) is 0.813. The molecule has 0 heterocycles. The summed E-state index contributed by atoms with van der Waals surface area (Å²) in [5.41, 5.74) is 5.35. The number of hydrogen-bond donors (Lipinski definition) is 2. The molecule has 1 unspecified atom stereocenters. The van der Waals surface area contributed by atoms with Crippen molar-refractivity contribution in [3.63, 3.8) is 0 Å². The van der Waals surface area contributed by atoms with Crippen LogP contribution in [0.1, 0.15) is 27.2 Å². The summed E-state index contributed by atoms with van der Waals surface area (Å²) >= 11 is 1.65. The molecule has 3 nitrogen and oxygen atoms in total. The monoisotopic (exact) mass is 218 g/mol. The third-order valence-corrected chi connectivity index (χ3v) is 3.16. The highest BCUT2D eigenvalue weighted by atomic mass is 32.2. The Morgan fingerprint density at radius 3 is 2.57 bits per heavy atom. The Bertz CT molecular complexity index is 162. The molecule has 0 aromatic rings. The molecular weight excluding hydrogens is 196 g/mol. The number of amides is 1. The van der Waals surface area contributed by atoms with Crippen molar-refractivity contribution in [3.8, 4) is 0 Å². The topological polar surface area (TPSA) is 55.1 Å². The third-order valence-electron chi connectivity index (χ3n) is 2.11. The fraction of sp³-hybridized carbons (Fsp3) is 0.900. The summed E-state index contributed by atoms with van der Waals surface area (Å²) in [7, 11) is 0. The van der Waals surface area contributed by atoms with Crippen LogP contribution in [0.15, 0.2) is 0 Å². The minimum Gasteiger partial charge on any atom is -0.353 e. The summed E-state index contributed by atoms with van der Waals surface area (Å²) in [5, 5.41) is 2.97. The molecule has 0 aromatic heterocycles. The molecule has 0 aliphatic carbocycles. The zero-order valence-electron chi connectivity index (χ0n) is 9.38. The van der Waals surface area contributed by atoms with Gasteiger partial charge >= 0.3 is 0 Å². The summed E-state index contributed by atoms with van der Waals surface area (Å²) in [4.78, 5) is 11.4. The maximum absolute atomic E-state index is 11.4. The van der Waals surface area contributed by atoms with E-state index in [1.54, 1.807) is 11.8 Å². The predicted octanol–water partition coefficient (Wildman–Crippen LogP) is 1.23. The van der Waals surface area contributed by atoms with Crippen molar-refractivity contribution in [1.82, 2.24) is 5.32 Å². The molecule has 3 N–H and O–H groups in total. The Morgan fingerprint density at radius 2 is 2.07 bits per heavy atom. The molecule has 0 radical (unpaired) electrons. The molecular formula is C10H22N2OS. The highest BCUT2D eigenvalue weighted by Gasteiger charge is 2.09. The van der Waals surface area contributed by atoms with E-state index in [4.69, 9.17) is 5.73 Å². The zero-order valence-corrected chi connectivity index (χ0v) is 10.2. The molecule has 1 atom stereocenters. The van der Waals surface area contributed by atoms with Crippen molar-refractivity contribution in [2.24, 2.45) is 11.7 Å². The molecule has 0 aliphatic heterocycles. The van der Waals surface area contributed by atoms with Crippen LogP contribution in [0.4, 0.5) is 0 Å². The predicted molar refractivity (Wildman–Crippen MR) is 63.4 cm³/mol. The van der Waals surface area contributed by atoms with E-state index in [0.717, 1.165) is 12.2 Å². The molecule has 0 saturated carbocycles. The lowest BCUT2D eigenvalue weighted by molar-refractivity contribution is -0.119. The molecule has 1 amide bonds. The molecule has 14 heavy (non-hydrogen) atoms. The van der Waals surface area contributed by atoms with Gasteiger partial charge in [-0.2, -0.15) is 11.8 Å². The van der Waals surface area contributed by atoms with Crippen LogP contribution in [0.25, 0.3) is 0 Å². The van der Waals surface area contributed by atoms with Crippen LogP contribution in [0.3, 0.4) is 0 Å². The highest BCUT2D eigenvalue weighted by molar-refractivity contribution is 7.99. The number of carbonyl (C=O) groups excluding carboxylic acids is 1. The first-order valence-electron chi connectivity index (χ1n) is 5.15. The van der Waals surface area contributed by atoms with Gasteiger partial charge in [-0.3, -0.25) is 4.79 Å². The van der Waals surface area contributed by atoms with Gasteiger partial charge in [-0.25, -0.2) is 0 Å². The van der Waals surface area contributed by atoms with E-state index < -0.39 is 0 Å². The van der Waals surface area contributed by atoms with Crippen molar-refractivity contribution in [2.75, 3.05) is 18.1 Å². The summed E-state index contributed by atoms with van der Waals surface area (Å²) < 4.78 is 0. The van der Waals surface area contributed by atoms with Crippen molar-refractivity contribution < 1.29 is 4.79 Å². The first-order valence-corrected chi connectivity index (χ1v) is 6.30. The summed E-state index contributed by atoms with van der Waals surface area (Å²) in [6, 6.07) is 0.262. The van der Waals surface area contributed by atoms with Gasteiger partial charge in [-0.15, -0.1) is 0 Å². The van der Waals surface area contributed by atoms with E-state index in [-0.39, 0.29) is 11.9 Å². The first-order chi connectivity index (χ1) is 6.57. The molecule has 0 aromatic carbocycles. The molecule has 84 valence electrons. The fourth-order valence-corrected chi connectivity index (χ4v) is 1.60. The van der Waals surface area contributed by atoms with E-state index in [1.165, 1.54) is 0 Å². The van der Waals surface area contributed by atoms with Crippen LogP contribution >= 0.6 is 11.8 Å². The van der Waals surface area contributed by atoms with Gasteiger partial charge in [-0.05, 0) is 31.6 Å². The maximum atomic E-state index is 11.4. The Labute approximate surface area is 91.2 Å². The number of thioether (sulfide) groups is 1. The van der Waals surface area contributed by atoms with Crippen LogP contribution in [-0.4, -0.2) is 30.0 Å². The summed E-state index contributed by atoms with van der Waals surface area (Å²) in [5.74, 6) is 2.15. The lowest BCUT2D eigenvalue weighted by atomic mass is 10.1. The molecule has 4 heteroatoms. The van der Waals surface area contributed by atoms with Gasteiger partial charge < -0.3 is 11.1 Å². The molecule has 0 aliphatic rings. The van der Waals surface area contributed by atoms with E-state index in [0.29, 0.717) is 18.2 Å². The largest absolute Gasteiger partial charge is 0.353 e. The summed E-state index contributed by atoms with van der Waals surface area (Å²) in [6.45, 7) is 6.95. The van der Waals surface area contributed by atoms with Gasteiger partial charge in [0.15, 0.2) is 0 Å². The maximum Gasteiger partial charge on any atom is 0.230 e. The number of carbonyl (C=O) groups is 1. The number of nitrogens with one attached hydrogen (secondary N) is 1. The van der Waals surface area contributed by atoms with Gasteiger partial charge in [-0.1, -0.05) is 13.8 Å². The standard InChI is InChI=1S/C10H22N2OS/c1-8(2)9(3)12-10(13)7-14-6-4-5-11/h8-9H,4-7,11H2,1-3H3,(H,12,13). The quantitative estimate of drug-likeness (QED) is 0.632. The molecule has 0 fully saturated rings. The van der Waals surface area contributed by atoms with Crippen LogP contribution in [0, 0.1) is 5.92 Å². The van der Waals surface area contributed by atoms with E-state index in [2.05, 4.69) is 19.2 Å². The smallest absolute Gasteiger partial charge is 0.230 e. The third kappa shape index (κ3) is 7.21. The Balaban J connectivity index is 3.45. The van der Waals surface area contributed by atoms with Gasteiger partial charge in [0.05, 0.1) is 5.75 Å². The first kappa shape index (κ1) is 13.8. The average Bonchev–Trinajstić information content (AvgIpc) is 2.12. The highest BCUT2D eigenvalue weighted by Crippen LogP contribution is 2.03. The zero-order chi connectivity index (χ0) is 11.0. The minimum atomic E-state index is 0.133.